The van der Waals surface area contributed by atoms with Crippen LogP contribution in [0.3, 0.4) is 0 Å². The Morgan fingerprint density at radius 2 is 2.03 bits per heavy atom. The van der Waals surface area contributed by atoms with Crippen molar-refractivity contribution in [2.45, 2.75) is 25.2 Å². The van der Waals surface area contributed by atoms with Gasteiger partial charge in [0.15, 0.2) is 0 Å². The average Bonchev–Trinajstić information content (AvgIpc) is 3.46. The van der Waals surface area contributed by atoms with Crippen LogP contribution in [0.5, 0.6) is 5.75 Å². The summed E-state index contributed by atoms with van der Waals surface area (Å²) in [6.45, 7) is 2.45. The van der Waals surface area contributed by atoms with Crippen molar-refractivity contribution in [1.29, 1.82) is 0 Å². The second kappa shape index (κ2) is 6.77. The summed E-state index contributed by atoms with van der Waals surface area (Å²) in [6, 6.07) is 11.8. The second-order valence-corrected chi connectivity index (χ2v) is 7.83. The number of nitrogens with zero attached hydrogens (tertiary/aromatic N) is 4. The van der Waals surface area contributed by atoms with Crippen LogP contribution < -0.4 is 4.74 Å². The smallest absolute Gasteiger partial charge is 0.270 e. The number of aryl methyl sites for hydroxylation is 1. The minimum atomic E-state index is -0.365. The van der Waals surface area contributed by atoms with E-state index in [9.17, 15) is 4.79 Å². The fourth-order valence-electron chi connectivity index (χ4n) is 4.36. The number of carbonyl (C=O) groups excluding carboxylic acids is 1. The van der Waals surface area contributed by atoms with Crippen molar-refractivity contribution >= 4 is 5.91 Å². The Morgan fingerprint density at radius 3 is 2.76 bits per heavy atom. The first-order valence-corrected chi connectivity index (χ1v) is 9.82. The number of likely N-dealkylation sites (tertiary alicyclic amines) is 1. The summed E-state index contributed by atoms with van der Waals surface area (Å²) in [6.07, 6.45) is 4.62. The van der Waals surface area contributed by atoms with Crippen molar-refractivity contribution in [2.24, 2.45) is 7.05 Å². The Labute approximate surface area is 169 Å². The standard InChI is InChI=1S/C22H24N4O3/c1-24-10-3-4-18(24)21(27)25-11-9-22(14-25)15-26-19(12-23-20(26)13-29-22)16-5-7-17(28-2)8-6-16/h3-8,10,12H,9,11,13-15H2,1-2H3. The SMILES string of the molecule is COc1ccc(-c2cnc3n2CC2(CCN(C(=O)c4cccn4C)C2)OC3)cc1. The Balaban J connectivity index is 1.39. The summed E-state index contributed by atoms with van der Waals surface area (Å²) in [4.78, 5) is 19.4. The molecule has 2 aliphatic rings. The number of methoxy groups -OCH3 is 1. The molecule has 2 aromatic heterocycles. The van der Waals surface area contributed by atoms with Gasteiger partial charge in [-0.2, -0.15) is 0 Å². The maximum absolute atomic E-state index is 12.9. The molecule has 1 amide bonds. The monoisotopic (exact) mass is 392 g/mol. The fraction of sp³-hybridized carbons (Fsp3) is 0.364. The van der Waals surface area contributed by atoms with E-state index in [0.717, 1.165) is 29.3 Å². The van der Waals surface area contributed by atoms with Gasteiger partial charge in [0.25, 0.3) is 5.91 Å². The Bertz CT molecular complexity index is 1050. The molecule has 4 heterocycles. The van der Waals surface area contributed by atoms with Gasteiger partial charge in [-0.1, -0.05) is 0 Å². The molecule has 7 nitrogen and oxygen atoms in total. The van der Waals surface area contributed by atoms with Gasteiger partial charge in [0.05, 0.1) is 32.1 Å². The molecule has 2 aliphatic heterocycles. The first kappa shape index (κ1) is 18.0. The lowest BCUT2D eigenvalue weighted by Gasteiger charge is -2.35. The predicted octanol–water partition coefficient (Wildman–Crippen LogP) is 2.71. The number of hydrogen-bond donors (Lipinski definition) is 0. The molecule has 1 atom stereocenters. The molecule has 0 radical (unpaired) electrons. The van der Waals surface area contributed by atoms with E-state index in [1.54, 1.807) is 7.11 Å². The summed E-state index contributed by atoms with van der Waals surface area (Å²) in [5.41, 5.74) is 2.50. The maximum Gasteiger partial charge on any atom is 0.270 e. The van der Waals surface area contributed by atoms with E-state index in [2.05, 4.69) is 9.55 Å². The number of rotatable bonds is 3. The van der Waals surface area contributed by atoms with Crippen LogP contribution in [0.2, 0.25) is 0 Å². The van der Waals surface area contributed by atoms with E-state index in [1.165, 1.54) is 0 Å². The molecule has 0 N–H and O–H groups in total. The summed E-state index contributed by atoms with van der Waals surface area (Å²) < 4.78 is 15.6. The topological polar surface area (TPSA) is 61.5 Å². The van der Waals surface area contributed by atoms with Crippen LogP contribution in [-0.2, 0) is 24.9 Å². The third kappa shape index (κ3) is 3.02. The number of ether oxygens (including phenoxy) is 2. The minimum Gasteiger partial charge on any atom is -0.497 e. The predicted molar refractivity (Wildman–Crippen MR) is 108 cm³/mol. The van der Waals surface area contributed by atoms with Crippen LogP contribution >= 0.6 is 0 Å². The van der Waals surface area contributed by atoms with Crippen molar-refractivity contribution in [3.63, 3.8) is 0 Å². The molecular weight excluding hydrogens is 368 g/mol. The molecule has 5 rings (SSSR count). The van der Waals surface area contributed by atoms with Crippen LogP contribution in [0, 0.1) is 0 Å². The van der Waals surface area contributed by atoms with Crippen LogP contribution in [0.1, 0.15) is 22.7 Å². The highest BCUT2D eigenvalue weighted by molar-refractivity contribution is 5.93. The lowest BCUT2D eigenvalue weighted by molar-refractivity contribution is -0.0805. The lowest BCUT2D eigenvalue weighted by Crippen LogP contribution is -2.45. The Morgan fingerprint density at radius 1 is 1.21 bits per heavy atom. The fourth-order valence-corrected chi connectivity index (χ4v) is 4.36. The Hall–Kier alpha value is -3.06. The van der Waals surface area contributed by atoms with Crippen molar-refractivity contribution < 1.29 is 14.3 Å². The van der Waals surface area contributed by atoms with Gasteiger partial charge >= 0.3 is 0 Å². The first-order chi connectivity index (χ1) is 14.1. The molecule has 1 fully saturated rings. The van der Waals surface area contributed by atoms with Gasteiger partial charge in [-0.3, -0.25) is 4.79 Å². The molecule has 0 saturated carbocycles. The number of fused-ring (bicyclic) bond motifs is 1. The van der Waals surface area contributed by atoms with Gasteiger partial charge < -0.3 is 23.5 Å². The zero-order valence-corrected chi connectivity index (χ0v) is 16.7. The van der Waals surface area contributed by atoms with Crippen molar-refractivity contribution in [3.05, 3.63) is 60.3 Å². The quantitative estimate of drug-likeness (QED) is 0.688. The number of benzene rings is 1. The molecule has 0 bridgehead atoms. The van der Waals surface area contributed by atoms with Gasteiger partial charge in [0.2, 0.25) is 0 Å². The third-order valence-electron chi connectivity index (χ3n) is 6.04. The number of imidazole rings is 1. The molecule has 150 valence electrons. The molecule has 29 heavy (non-hydrogen) atoms. The average molecular weight is 392 g/mol. The van der Waals surface area contributed by atoms with Crippen molar-refractivity contribution in [2.75, 3.05) is 20.2 Å². The van der Waals surface area contributed by atoms with Gasteiger partial charge in [0, 0.05) is 25.4 Å². The highest BCUT2D eigenvalue weighted by Gasteiger charge is 2.44. The molecule has 1 unspecified atom stereocenters. The largest absolute Gasteiger partial charge is 0.497 e. The van der Waals surface area contributed by atoms with E-state index in [-0.39, 0.29) is 11.5 Å². The van der Waals surface area contributed by atoms with E-state index in [1.807, 2.05) is 65.3 Å². The lowest BCUT2D eigenvalue weighted by atomic mass is 10.0. The zero-order chi connectivity index (χ0) is 20.0. The van der Waals surface area contributed by atoms with Gasteiger partial charge in [-0.15, -0.1) is 0 Å². The summed E-state index contributed by atoms with van der Waals surface area (Å²) in [5.74, 6) is 1.82. The Kier molecular flexibility index (Phi) is 4.20. The van der Waals surface area contributed by atoms with Crippen LogP contribution in [0.4, 0.5) is 0 Å². The van der Waals surface area contributed by atoms with Crippen LogP contribution in [-0.4, -0.2) is 50.7 Å². The molecule has 1 spiro atoms. The molecule has 7 heteroatoms. The molecule has 0 aliphatic carbocycles. The number of carbonyl (C=O) groups is 1. The molecule has 1 aromatic carbocycles. The summed E-state index contributed by atoms with van der Waals surface area (Å²) in [5, 5.41) is 0. The minimum absolute atomic E-state index is 0.0600. The van der Waals surface area contributed by atoms with Gasteiger partial charge in [0.1, 0.15) is 29.5 Å². The van der Waals surface area contributed by atoms with E-state index >= 15 is 0 Å². The van der Waals surface area contributed by atoms with Crippen molar-refractivity contribution in [3.8, 4) is 17.0 Å². The van der Waals surface area contributed by atoms with E-state index in [0.29, 0.717) is 31.9 Å². The van der Waals surface area contributed by atoms with E-state index < -0.39 is 0 Å². The highest BCUT2D eigenvalue weighted by atomic mass is 16.5. The second-order valence-electron chi connectivity index (χ2n) is 7.83. The summed E-state index contributed by atoms with van der Waals surface area (Å²) >= 11 is 0. The molecule has 3 aromatic rings. The maximum atomic E-state index is 12.9. The van der Waals surface area contributed by atoms with Crippen LogP contribution in [0.25, 0.3) is 11.3 Å². The van der Waals surface area contributed by atoms with Gasteiger partial charge in [-0.05, 0) is 42.8 Å². The van der Waals surface area contributed by atoms with Crippen molar-refractivity contribution in [1.82, 2.24) is 19.0 Å². The molecule has 1 saturated heterocycles. The first-order valence-electron chi connectivity index (χ1n) is 9.82. The van der Waals surface area contributed by atoms with Crippen LogP contribution in [0.15, 0.2) is 48.8 Å². The van der Waals surface area contributed by atoms with Gasteiger partial charge in [-0.25, -0.2) is 4.98 Å². The number of aromatic nitrogens is 3. The highest BCUT2D eigenvalue weighted by Crippen LogP contribution is 2.36. The zero-order valence-electron chi connectivity index (χ0n) is 16.7. The number of hydrogen-bond acceptors (Lipinski definition) is 4. The summed E-state index contributed by atoms with van der Waals surface area (Å²) in [7, 11) is 3.56. The van der Waals surface area contributed by atoms with E-state index in [4.69, 9.17) is 9.47 Å². The third-order valence-corrected chi connectivity index (χ3v) is 6.04. The normalized spacial score (nSPS) is 20.8. The molecular formula is C22H24N4O3. The number of amides is 1.